The zero-order valence-corrected chi connectivity index (χ0v) is 14.0. The third-order valence-corrected chi connectivity index (χ3v) is 3.99. The Morgan fingerprint density at radius 2 is 1.86 bits per heavy atom. The fraction of sp³-hybridized carbons (Fsp3) is 0.667. The van der Waals surface area contributed by atoms with Gasteiger partial charge in [-0.25, -0.2) is 0 Å². The van der Waals surface area contributed by atoms with E-state index in [1.54, 1.807) is 0 Å². The van der Waals surface area contributed by atoms with Crippen molar-refractivity contribution in [3.63, 3.8) is 0 Å². The fourth-order valence-corrected chi connectivity index (χ4v) is 2.83. The number of nitrogens with zero attached hydrogens (tertiary/aromatic N) is 1. The van der Waals surface area contributed by atoms with Crippen LogP contribution in [0.15, 0.2) is 24.3 Å². The number of benzene rings is 1. The van der Waals surface area contributed by atoms with Gasteiger partial charge in [-0.05, 0) is 52.2 Å². The molecule has 0 saturated carbocycles. The van der Waals surface area contributed by atoms with E-state index in [2.05, 4.69) is 62.2 Å². The van der Waals surface area contributed by atoms with E-state index in [9.17, 15) is 0 Å². The zero-order chi connectivity index (χ0) is 15.3. The van der Waals surface area contributed by atoms with E-state index < -0.39 is 0 Å². The standard InChI is InChI=1S/C18H30N2O/c1-5-21-16-10-12-20(13-11-16)17-9-7-6-8-15(17)14-19-18(2,3)4/h6-9,16,19H,5,10-14H2,1-4H3. The summed E-state index contributed by atoms with van der Waals surface area (Å²) in [5, 5.41) is 3.60. The second kappa shape index (κ2) is 7.28. The Hall–Kier alpha value is -1.06. The van der Waals surface area contributed by atoms with Crippen LogP contribution in [0.4, 0.5) is 5.69 Å². The summed E-state index contributed by atoms with van der Waals surface area (Å²) in [7, 11) is 0. The molecule has 0 atom stereocenters. The number of hydrogen-bond acceptors (Lipinski definition) is 3. The third kappa shape index (κ3) is 5.01. The van der Waals surface area contributed by atoms with Crippen LogP contribution < -0.4 is 10.2 Å². The average Bonchev–Trinajstić information content (AvgIpc) is 2.46. The van der Waals surface area contributed by atoms with Crippen LogP contribution in [-0.2, 0) is 11.3 Å². The molecule has 0 spiro atoms. The van der Waals surface area contributed by atoms with Gasteiger partial charge in [0.2, 0.25) is 0 Å². The van der Waals surface area contributed by atoms with E-state index in [1.807, 2.05) is 0 Å². The minimum absolute atomic E-state index is 0.148. The number of anilines is 1. The maximum absolute atomic E-state index is 5.75. The first kappa shape index (κ1) is 16.3. The van der Waals surface area contributed by atoms with E-state index in [1.165, 1.54) is 11.3 Å². The fourth-order valence-electron chi connectivity index (χ4n) is 2.83. The molecule has 0 radical (unpaired) electrons. The number of para-hydroxylation sites is 1. The van der Waals surface area contributed by atoms with Crippen LogP contribution in [0.3, 0.4) is 0 Å². The topological polar surface area (TPSA) is 24.5 Å². The Labute approximate surface area is 129 Å². The molecule has 118 valence electrons. The van der Waals surface area contributed by atoms with Gasteiger partial charge in [0.1, 0.15) is 0 Å². The number of nitrogens with one attached hydrogen (secondary N) is 1. The molecule has 1 heterocycles. The number of hydrogen-bond donors (Lipinski definition) is 1. The van der Waals surface area contributed by atoms with Gasteiger partial charge in [0.25, 0.3) is 0 Å². The maximum Gasteiger partial charge on any atom is 0.0608 e. The summed E-state index contributed by atoms with van der Waals surface area (Å²) < 4.78 is 5.75. The lowest BCUT2D eigenvalue weighted by Crippen LogP contribution is -2.39. The van der Waals surface area contributed by atoms with Crippen LogP contribution in [0.25, 0.3) is 0 Å². The summed E-state index contributed by atoms with van der Waals surface area (Å²) in [5.74, 6) is 0. The molecule has 1 aromatic carbocycles. The van der Waals surface area contributed by atoms with Crippen molar-refractivity contribution in [1.29, 1.82) is 0 Å². The Kier molecular flexibility index (Phi) is 5.65. The van der Waals surface area contributed by atoms with Crippen LogP contribution in [0, 0.1) is 0 Å². The van der Waals surface area contributed by atoms with Gasteiger partial charge in [-0.15, -0.1) is 0 Å². The van der Waals surface area contributed by atoms with Gasteiger partial charge in [-0.3, -0.25) is 0 Å². The molecule has 0 aliphatic carbocycles. The highest BCUT2D eigenvalue weighted by atomic mass is 16.5. The molecular formula is C18H30N2O. The summed E-state index contributed by atoms with van der Waals surface area (Å²) in [4.78, 5) is 2.51. The van der Waals surface area contributed by atoms with Crippen LogP contribution in [0.2, 0.25) is 0 Å². The lowest BCUT2D eigenvalue weighted by atomic mass is 10.0. The quantitative estimate of drug-likeness (QED) is 0.897. The SMILES string of the molecule is CCOC1CCN(c2ccccc2CNC(C)(C)C)CC1. The third-order valence-electron chi connectivity index (χ3n) is 3.99. The van der Waals surface area contributed by atoms with Crippen LogP contribution in [0.1, 0.15) is 46.1 Å². The summed E-state index contributed by atoms with van der Waals surface area (Å²) >= 11 is 0. The Bertz CT molecular complexity index is 431. The van der Waals surface area contributed by atoms with Crippen molar-refractivity contribution in [2.24, 2.45) is 0 Å². The van der Waals surface area contributed by atoms with Crippen LogP contribution in [-0.4, -0.2) is 31.3 Å². The maximum atomic E-state index is 5.75. The Morgan fingerprint density at radius 1 is 1.19 bits per heavy atom. The molecule has 1 aliphatic rings. The normalized spacial score (nSPS) is 17.2. The van der Waals surface area contributed by atoms with E-state index in [0.29, 0.717) is 6.10 Å². The van der Waals surface area contributed by atoms with Crippen molar-refractivity contribution in [3.8, 4) is 0 Å². The van der Waals surface area contributed by atoms with Gasteiger partial charge in [-0.1, -0.05) is 18.2 Å². The first-order valence-electron chi connectivity index (χ1n) is 8.19. The lowest BCUT2D eigenvalue weighted by molar-refractivity contribution is 0.0459. The smallest absolute Gasteiger partial charge is 0.0608 e. The van der Waals surface area contributed by atoms with Crippen molar-refractivity contribution in [1.82, 2.24) is 5.32 Å². The molecular weight excluding hydrogens is 260 g/mol. The molecule has 0 aromatic heterocycles. The summed E-state index contributed by atoms with van der Waals surface area (Å²) in [6, 6.07) is 8.77. The van der Waals surface area contributed by atoms with Crippen LogP contribution in [0.5, 0.6) is 0 Å². The van der Waals surface area contributed by atoms with Crippen LogP contribution >= 0.6 is 0 Å². The van der Waals surface area contributed by atoms with Crippen molar-refractivity contribution >= 4 is 5.69 Å². The molecule has 1 saturated heterocycles. The second-order valence-electron chi connectivity index (χ2n) is 6.87. The molecule has 0 unspecified atom stereocenters. The largest absolute Gasteiger partial charge is 0.378 e. The van der Waals surface area contributed by atoms with E-state index in [4.69, 9.17) is 4.74 Å². The summed E-state index contributed by atoms with van der Waals surface area (Å²) in [5.41, 5.74) is 2.92. The highest BCUT2D eigenvalue weighted by molar-refractivity contribution is 5.54. The van der Waals surface area contributed by atoms with Crippen molar-refractivity contribution in [3.05, 3.63) is 29.8 Å². The number of ether oxygens (including phenoxy) is 1. The van der Waals surface area contributed by atoms with E-state index in [0.717, 1.165) is 39.1 Å². The first-order chi connectivity index (χ1) is 9.99. The predicted molar refractivity (Wildman–Crippen MR) is 89.9 cm³/mol. The van der Waals surface area contributed by atoms with Gasteiger partial charge in [0, 0.05) is 37.5 Å². The second-order valence-corrected chi connectivity index (χ2v) is 6.87. The van der Waals surface area contributed by atoms with E-state index >= 15 is 0 Å². The van der Waals surface area contributed by atoms with Gasteiger partial charge >= 0.3 is 0 Å². The Morgan fingerprint density at radius 3 is 2.48 bits per heavy atom. The molecule has 1 N–H and O–H groups in total. The Balaban J connectivity index is 2.00. The molecule has 2 rings (SSSR count). The monoisotopic (exact) mass is 290 g/mol. The van der Waals surface area contributed by atoms with E-state index in [-0.39, 0.29) is 5.54 Å². The lowest BCUT2D eigenvalue weighted by Gasteiger charge is -2.35. The molecule has 0 bridgehead atoms. The number of rotatable bonds is 5. The minimum atomic E-state index is 0.148. The van der Waals surface area contributed by atoms with Crippen molar-refractivity contribution < 1.29 is 4.74 Å². The molecule has 3 heteroatoms. The summed E-state index contributed by atoms with van der Waals surface area (Å²) in [6.45, 7) is 12.7. The van der Waals surface area contributed by atoms with Crippen molar-refractivity contribution in [2.45, 2.75) is 58.7 Å². The number of piperidine rings is 1. The first-order valence-corrected chi connectivity index (χ1v) is 8.19. The molecule has 1 aliphatic heterocycles. The van der Waals surface area contributed by atoms with Gasteiger partial charge in [0.05, 0.1) is 6.10 Å². The molecule has 1 fully saturated rings. The van der Waals surface area contributed by atoms with Gasteiger partial charge < -0.3 is 15.0 Å². The van der Waals surface area contributed by atoms with Gasteiger partial charge in [0.15, 0.2) is 0 Å². The molecule has 21 heavy (non-hydrogen) atoms. The average molecular weight is 290 g/mol. The molecule has 0 amide bonds. The predicted octanol–water partition coefficient (Wildman–Crippen LogP) is 3.58. The molecule has 1 aromatic rings. The van der Waals surface area contributed by atoms with Crippen molar-refractivity contribution in [2.75, 3.05) is 24.6 Å². The highest BCUT2D eigenvalue weighted by Gasteiger charge is 2.21. The van der Waals surface area contributed by atoms with Gasteiger partial charge in [-0.2, -0.15) is 0 Å². The molecule has 3 nitrogen and oxygen atoms in total. The minimum Gasteiger partial charge on any atom is -0.378 e. The zero-order valence-electron chi connectivity index (χ0n) is 14.0. The highest BCUT2D eigenvalue weighted by Crippen LogP contribution is 2.25. The summed E-state index contributed by atoms with van der Waals surface area (Å²) in [6.07, 6.45) is 2.72.